The number of aromatic nitrogens is 7. The number of piperidine rings is 1. The van der Waals surface area contributed by atoms with E-state index >= 15 is 0 Å². The van der Waals surface area contributed by atoms with Crippen molar-refractivity contribution in [2.45, 2.75) is 58.3 Å². The number of rotatable bonds is 8. The van der Waals surface area contributed by atoms with E-state index in [4.69, 9.17) is 16.3 Å². The normalized spacial score (nSPS) is 17.3. The van der Waals surface area contributed by atoms with Gasteiger partial charge in [0.25, 0.3) is 0 Å². The smallest absolute Gasteiger partial charge is 0.215 e. The molecule has 0 aliphatic carbocycles. The molecule has 4 aromatic rings. The van der Waals surface area contributed by atoms with Gasteiger partial charge in [-0.25, -0.2) is 14.3 Å². The second-order valence-electron chi connectivity index (χ2n) is 10.5. The maximum absolute atomic E-state index is 6.58. The van der Waals surface area contributed by atoms with Gasteiger partial charge in [0, 0.05) is 5.02 Å². The summed E-state index contributed by atoms with van der Waals surface area (Å²) in [5.74, 6) is 1.46. The molecule has 2 aromatic heterocycles. The number of likely N-dealkylation sites (tertiary alicyclic amines) is 1. The molecular weight excluding hydrogens is 488 g/mol. The molecule has 0 amide bonds. The van der Waals surface area contributed by atoms with Gasteiger partial charge in [0.2, 0.25) is 6.23 Å². The molecule has 2 aromatic carbocycles. The molecule has 0 unspecified atom stereocenters. The Labute approximate surface area is 222 Å². The Hall–Kier alpha value is -3.30. The highest BCUT2D eigenvalue weighted by molar-refractivity contribution is 6.30. The van der Waals surface area contributed by atoms with Crippen LogP contribution in [0.25, 0.3) is 0 Å². The molecule has 0 N–H and O–H groups in total. The number of hydrogen-bond acceptors (Lipinski definition) is 7. The first-order valence-corrected chi connectivity index (χ1v) is 13.1. The van der Waals surface area contributed by atoms with E-state index in [-0.39, 0.29) is 17.5 Å². The summed E-state index contributed by atoms with van der Waals surface area (Å²) in [6.45, 7) is 8.49. The second kappa shape index (κ2) is 11.0. The zero-order chi connectivity index (χ0) is 25.8. The third kappa shape index (κ3) is 5.67. The Balaban J connectivity index is 1.61. The lowest BCUT2D eigenvalue weighted by Crippen LogP contribution is -2.41. The molecule has 194 valence electrons. The molecule has 5 rings (SSSR count). The molecule has 1 aliphatic rings. The highest BCUT2D eigenvalue weighted by atomic mass is 35.5. The molecule has 1 aliphatic heterocycles. The van der Waals surface area contributed by atoms with Crippen LogP contribution in [0, 0.1) is 5.41 Å². The maximum atomic E-state index is 6.58. The van der Waals surface area contributed by atoms with Crippen molar-refractivity contribution in [1.29, 1.82) is 0 Å². The molecular formula is C27H33ClN8O. The number of benzene rings is 2. The monoisotopic (exact) mass is 520 g/mol. The summed E-state index contributed by atoms with van der Waals surface area (Å²) < 4.78 is 10.3. The minimum atomic E-state index is -0.566. The van der Waals surface area contributed by atoms with Crippen molar-refractivity contribution in [2.75, 3.05) is 13.1 Å². The Morgan fingerprint density at radius 1 is 0.946 bits per heavy atom. The van der Waals surface area contributed by atoms with Crippen molar-refractivity contribution in [2.24, 2.45) is 5.41 Å². The van der Waals surface area contributed by atoms with Crippen molar-refractivity contribution in [3.8, 4) is 5.75 Å². The van der Waals surface area contributed by atoms with Gasteiger partial charge in [0.05, 0.1) is 6.04 Å². The fourth-order valence-electron chi connectivity index (χ4n) is 5.09. The molecule has 10 heteroatoms. The molecule has 3 heterocycles. The van der Waals surface area contributed by atoms with Crippen molar-refractivity contribution < 1.29 is 4.74 Å². The average molecular weight is 521 g/mol. The summed E-state index contributed by atoms with van der Waals surface area (Å²) in [6, 6.07) is 17.4. The van der Waals surface area contributed by atoms with Crippen LogP contribution in [0.4, 0.5) is 0 Å². The van der Waals surface area contributed by atoms with Crippen molar-refractivity contribution in [3.05, 3.63) is 83.7 Å². The topological polar surface area (TPSA) is 86.8 Å². The molecule has 1 saturated heterocycles. The number of tetrazole rings is 1. The predicted octanol–water partition coefficient (Wildman–Crippen LogP) is 5.36. The van der Waals surface area contributed by atoms with Crippen LogP contribution in [-0.4, -0.2) is 53.0 Å². The van der Waals surface area contributed by atoms with E-state index in [1.165, 1.54) is 18.3 Å². The first-order valence-electron chi connectivity index (χ1n) is 12.7. The second-order valence-corrected chi connectivity index (χ2v) is 11.0. The van der Waals surface area contributed by atoms with Crippen LogP contribution in [0.2, 0.25) is 5.02 Å². The Bertz CT molecular complexity index is 1250. The number of ether oxygens (including phenoxy) is 1. The van der Waals surface area contributed by atoms with Gasteiger partial charge in [0.15, 0.2) is 5.82 Å². The van der Waals surface area contributed by atoms with Gasteiger partial charge in [-0.15, -0.1) is 5.10 Å². The maximum Gasteiger partial charge on any atom is 0.215 e. The zero-order valence-corrected chi connectivity index (χ0v) is 22.2. The summed E-state index contributed by atoms with van der Waals surface area (Å²) in [5, 5.41) is 18.5. The van der Waals surface area contributed by atoms with Gasteiger partial charge in [0.1, 0.15) is 24.4 Å². The molecule has 0 bridgehead atoms. The van der Waals surface area contributed by atoms with Crippen molar-refractivity contribution in [1.82, 2.24) is 39.9 Å². The average Bonchev–Trinajstić information content (AvgIpc) is 3.59. The van der Waals surface area contributed by atoms with E-state index in [9.17, 15) is 0 Å². The Morgan fingerprint density at radius 2 is 1.68 bits per heavy atom. The van der Waals surface area contributed by atoms with Gasteiger partial charge >= 0.3 is 0 Å². The van der Waals surface area contributed by atoms with Crippen LogP contribution in [0.1, 0.15) is 69.7 Å². The zero-order valence-electron chi connectivity index (χ0n) is 21.5. The highest BCUT2D eigenvalue weighted by Gasteiger charge is 2.42. The molecule has 1 fully saturated rings. The fraction of sp³-hybridized carbons (Fsp3) is 0.444. The third-order valence-corrected chi connectivity index (χ3v) is 7.07. The lowest BCUT2D eigenvalue weighted by atomic mass is 9.85. The summed E-state index contributed by atoms with van der Waals surface area (Å²) in [7, 11) is 0. The van der Waals surface area contributed by atoms with Crippen molar-refractivity contribution >= 4 is 11.6 Å². The largest absolute Gasteiger partial charge is 0.466 e. The minimum absolute atomic E-state index is 0.0757. The lowest BCUT2D eigenvalue weighted by Gasteiger charge is -2.39. The predicted molar refractivity (Wildman–Crippen MR) is 141 cm³/mol. The van der Waals surface area contributed by atoms with E-state index in [1.807, 2.05) is 35.0 Å². The summed E-state index contributed by atoms with van der Waals surface area (Å²) >= 11 is 6.13. The summed E-state index contributed by atoms with van der Waals surface area (Å²) in [6.07, 6.45) is 6.19. The number of halogens is 1. The van der Waals surface area contributed by atoms with Crippen LogP contribution in [-0.2, 0) is 0 Å². The fourth-order valence-corrected chi connectivity index (χ4v) is 5.22. The van der Waals surface area contributed by atoms with E-state index in [2.05, 4.69) is 75.5 Å². The quantitative estimate of drug-likeness (QED) is 0.309. The van der Waals surface area contributed by atoms with E-state index in [0.717, 1.165) is 31.8 Å². The number of nitrogens with zero attached hydrogens (tertiary/aromatic N) is 8. The molecule has 0 saturated carbocycles. The SMILES string of the molecule is CC(C)(C)[C@@H]([C@H](Oc1ccc(Cl)cc1)n1cncn1)n1nnnc1[C@@H](c1ccccc1)N1CCCCC1. The highest BCUT2D eigenvalue weighted by Crippen LogP contribution is 2.42. The van der Waals surface area contributed by atoms with E-state index in [1.54, 1.807) is 11.0 Å². The van der Waals surface area contributed by atoms with Gasteiger partial charge in [-0.2, -0.15) is 5.10 Å². The van der Waals surface area contributed by atoms with Gasteiger partial charge in [-0.1, -0.05) is 69.1 Å². The third-order valence-electron chi connectivity index (χ3n) is 6.82. The number of hydrogen-bond donors (Lipinski definition) is 0. The van der Waals surface area contributed by atoms with Crippen molar-refractivity contribution in [3.63, 3.8) is 0 Å². The van der Waals surface area contributed by atoms with Crippen LogP contribution >= 0.6 is 11.6 Å². The lowest BCUT2D eigenvalue weighted by molar-refractivity contribution is -0.00233. The Kier molecular flexibility index (Phi) is 7.53. The van der Waals surface area contributed by atoms with Gasteiger partial charge in [-0.3, -0.25) is 4.90 Å². The van der Waals surface area contributed by atoms with E-state index < -0.39 is 6.23 Å². The van der Waals surface area contributed by atoms with Crippen LogP contribution in [0.5, 0.6) is 5.75 Å². The first-order chi connectivity index (χ1) is 17.9. The molecule has 0 spiro atoms. The molecule has 3 atom stereocenters. The van der Waals surface area contributed by atoms with E-state index in [0.29, 0.717) is 10.8 Å². The van der Waals surface area contributed by atoms with Gasteiger partial charge < -0.3 is 4.74 Å². The molecule has 9 nitrogen and oxygen atoms in total. The summed E-state index contributed by atoms with van der Waals surface area (Å²) in [5.41, 5.74) is 0.861. The first kappa shape index (κ1) is 25.4. The van der Waals surface area contributed by atoms with Crippen LogP contribution in [0.15, 0.2) is 67.3 Å². The van der Waals surface area contributed by atoms with Crippen LogP contribution < -0.4 is 4.74 Å². The van der Waals surface area contributed by atoms with Crippen LogP contribution in [0.3, 0.4) is 0 Å². The minimum Gasteiger partial charge on any atom is -0.466 e. The molecule has 0 radical (unpaired) electrons. The molecule has 37 heavy (non-hydrogen) atoms. The summed E-state index contributed by atoms with van der Waals surface area (Å²) in [4.78, 5) is 6.70. The van der Waals surface area contributed by atoms with Gasteiger partial charge in [-0.05, 0) is 71.6 Å². The standard InChI is InChI=1S/C27H33ClN8O/c1-27(2,3)24(26(35-19-29-18-30-35)37-22-14-12-21(28)13-15-22)36-25(31-32-33-36)23(20-10-6-4-7-11-20)34-16-8-5-9-17-34/h4,6-7,10-15,18-19,23-24,26H,5,8-9,16-17H2,1-3H3/t23-,24-,26+/m1/s1. The Morgan fingerprint density at radius 3 is 2.32 bits per heavy atom.